The van der Waals surface area contributed by atoms with Gasteiger partial charge in [0.05, 0.1) is 19.1 Å². The normalized spacial score (nSPS) is 15.8. The number of ether oxygens (including phenoxy) is 1. The summed E-state index contributed by atoms with van der Waals surface area (Å²) < 4.78 is 18.6. The lowest BCUT2D eigenvalue weighted by Gasteiger charge is -2.35. The van der Waals surface area contributed by atoms with Crippen LogP contribution in [-0.4, -0.2) is 37.0 Å². The summed E-state index contributed by atoms with van der Waals surface area (Å²) in [4.78, 5) is 14.9. The van der Waals surface area contributed by atoms with Gasteiger partial charge in [-0.05, 0) is 68.2 Å². The number of hydrogen-bond donors (Lipinski definition) is 1. The molecule has 1 heterocycles. The van der Waals surface area contributed by atoms with Crippen molar-refractivity contribution in [1.29, 1.82) is 0 Å². The predicted octanol–water partition coefficient (Wildman–Crippen LogP) is 4.11. The number of likely N-dealkylation sites (tertiary alicyclic amines) is 1. The second-order valence-corrected chi connectivity index (χ2v) is 7.22. The smallest absolute Gasteiger partial charge is 0.224 e. The Labute approximate surface area is 166 Å². The van der Waals surface area contributed by atoms with E-state index < -0.39 is 0 Å². The highest BCUT2D eigenvalue weighted by Gasteiger charge is 2.23. The molecule has 1 unspecified atom stereocenters. The van der Waals surface area contributed by atoms with Crippen molar-refractivity contribution < 1.29 is 13.9 Å². The number of halogens is 1. The Morgan fingerprint density at radius 3 is 2.39 bits per heavy atom. The van der Waals surface area contributed by atoms with Crippen molar-refractivity contribution in [3.63, 3.8) is 0 Å². The summed E-state index contributed by atoms with van der Waals surface area (Å²) in [7, 11) is 0. The van der Waals surface area contributed by atoms with Gasteiger partial charge in [-0.2, -0.15) is 0 Å². The molecular weight excluding hydrogens is 355 g/mol. The summed E-state index contributed by atoms with van der Waals surface area (Å²) in [6.07, 6.45) is 3.91. The van der Waals surface area contributed by atoms with Crippen LogP contribution in [0.25, 0.3) is 0 Å². The summed E-state index contributed by atoms with van der Waals surface area (Å²) in [5.41, 5.74) is 2.00. The van der Waals surface area contributed by atoms with Crippen molar-refractivity contribution in [1.82, 2.24) is 10.2 Å². The van der Waals surface area contributed by atoms with Crippen LogP contribution in [0.15, 0.2) is 48.5 Å². The fourth-order valence-corrected chi connectivity index (χ4v) is 3.70. The molecule has 28 heavy (non-hydrogen) atoms. The average Bonchev–Trinajstić information content (AvgIpc) is 2.72. The van der Waals surface area contributed by atoms with Crippen molar-refractivity contribution in [3.05, 3.63) is 65.5 Å². The fourth-order valence-electron chi connectivity index (χ4n) is 3.70. The largest absolute Gasteiger partial charge is 0.494 e. The van der Waals surface area contributed by atoms with Gasteiger partial charge in [0.1, 0.15) is 11.6 Å². The lowest BCUT2D eigenvalue weighted by molar-refractivity contribution is -0.120. The molecule has 0 bridgehead atoms. The Hall–Kier alpha value is -2.40. The number of benzene rings is 2. The number of carbonyl (C=O) groups is 1. The first-order chi connectivity index (χ1) is 13.7. The van der Waals surface area contributed by atoms with E-state index in [2.05, 4.69) is 22.3 Å². The van der Waals surface area contributed by atoms with E-state index in [0.717, 1.165) is 24.4 Å². The van der Waals surface area contributed by atoms with Crippen LogP contribution in [0, 0.1) is 5.82 Å². The van der Waals surface area contributed by atoms with Gasteiger partial charge in [0.25, 0.3) is 0 Å². The lowest BCUT2D eigenvalue weighted by atomic mass is 10.0. The van der Waals surface area contributed by atoms with E-state index in [-0.39, 0.29) is 24.2 Å². The van der Waals surface area contributed by atoms with E-state index in [9.17, 15) is 9.18 Å². The first kappa shape index (κ1) is 20.3. The number of rotatable bonds is 8. The topological polar surface area (TPSA) is 41.6 Å². The van der Waals surface area contributed by atoms with Crippen molar-refractivity contribution in [2.75, 3.05) is 26.2 Å². The van der Waals surface area contributed by atoms with E-state index in [1.807, 2.05) is 19.1 Å². The molecule has 5 heteroatoms. The number of nitrogens with zero attached hydrogens (tertiary/aromatic N) is 1. The summed E-state index contributed by atoms with van der Waals surface area (Å²) >= 11 is 0. The monoisotopic (exact) mass is 384 g/mol. The zero-order valence-corrected chi connectivity index (χ0v) is 16.5. The zero-order valence-electron chi connectivity index (χ0n) is 16.5. The first-order valence-electron chi connectivity index (χ1n) is 10.1. The minimum Gasteiger partial charge on any atom is -0.494 e. The van der Waals surface area contributed by atoms with Crippen LogP contribution in [0.4, 0.5) is 4.39 Å². The molecule has 0 aliphatic carbocycles. The minimum absolute atomic E-state index is 0.0421. The molecule has 1 aliphatic heterocycles. The van der Waals surface area contributed by atoms with Gasteiger partial charge in [-0.1, -0.05) is 30.7 Å². The van der Waals surface area contributed by atoms with Crippen LogP contribution >= 0.6 is 0 Å². The zero-order chi connectivity index (χ0) is 19.8. The minimum atomic E-state index is -0.287. The van der Waals surface area contributed by atoms with E-state index >= 15 is 0 Å². The molecule has 0 saturated carbocycles. The molecule has 1 fully saturated rings. The van der Waals surface area contributed by atoms with Gasteiger partial charge >= 0.3 is 0 Å². The molecule has 150 valence electrons. The second kappa shape index (κ2) is 10.2. The van der Waals surface area contributed by atoms with Gasteiger partial charge in [0, 0.05) is 6.54 Å². The number of amides is 1. The number of hydrogen-bond acceptors (Lipinski definition) is 3. The number of nitrogens with one attached hydrogen (secondary N) is 1. The fraction of sp³-hybridized carbons (Fsp3) is 0.435. The maximum Gasteiger partial charge on any atom is 0.224 e. The van der Waals surface area contributed by atoms with Gasteiger partial charge < -0.3 is 10.1 Å². The molecule has 3 rings (SSSR count). The van der Waals surface area contributed by atoms with Crippen LogP contribution in [0.5, 0.6) is 5.75 Å². The summed E-state index contributed by atoms with van der Waals surface area (Å²) in [6, 6.07) is 14.4. The molecule has 1 N–H and O–H groups in total. The van der Waals surface area contributed by atoms with Crippen LogP contribution < -0.4 is 10.1 Å². The highest BCUT2D eigenvalue weighted by atomic mass is 19.1. The van der Waals surface area contributed by atoms with E-state index in [4.69, 9.17) is 4.74 Å². The highest BCUT2D eigenvalue weighted by molar-refractivity contribution is 5.78. The third-order valence-corrected chi connectivity index (χ3v) is 5.18. The molecule has 2 aromatic rings. The summed E-state index contributed by atoms with van der Waals surface area (Å²) in [5.74, 6) is 0.536. The Kier molecular flexibility index (Phi) is 7.43. The van der Waals surface area contributed by atoms with E-state index in [0.29, 0.717) is 13.2 Å². The van der Waals surface area contributed by atoms with Crippen molar-refractivity contribution in [2.45, 2.75) is 38.6 Å². The average molecular weight is 384 g/mol. The molecule has 4 nitrogen and oxygen atoms in total. The Morgan fingerprint density at radius 2 is 1.75 bits per heavy atom. The first-order valence-corrected chi connectivity index (χ1v) is 10.1. The van der Waals surface area contributed by atoms with Crippen LogP contribution in [0.3, 0.4) is 0 Å². The Bertz CT molecular complexity index is 740. The molecule has 1 amide bonds. The maximum absolute atomic E-state index is 13.0. The molecule has 0 radical (unpaired) electrons. The molecule has 0 spiro atoms. The third kappa shape index (κ3) is 5.80. The summed E-state index contributed by atoms with van der Waals surface area (Å²) in [5, 5.41) is 3.08. The lowest BCUT2D eigenvalue weighted by Crippen LogP contribution is -2.41. The van der Waals surface area contributed by atoms with Crippen LogP contribution in [0.1, 0.15) is 43.4 Å². The van der Waals surface area contributed by atoms with Crippen molar-refractivity contribution >= 4 is 5.91 Å². The Morgan fingerprint density at radius 1 is 1.07 bits per heavy atom. The summed E-state index contributed by atoms with van der Waals surface area (Å²) in [6.45, 7) is 5.28. The molecule has 0 aromatic heterocycles. The molecule has 1 aliphatic rings. The third-order valence-electron chi connectivity index (χ3n) is 5.18. The standard InChI is InChI=1S/C23H29FN2O2/c1-2-28-21-12-8-19(9-13-21)22(26-14-4-3-5-15-26)17-25-23(27)16-18-6-10-20(24)11-7-18/h6-13,22H,2-5,14-17H2,1H3,(H,25,27). The van der Waals surface area contributed by atoms with Gasteiger partial charge in [-0.3, -0.25) is 9.69 Å². The van der Waals surface area contributed by atoms with Gasteiger partial charge in [-0.15, -0.1) is 0 Å². The van der Waals surface area contributed by atoms with Gasteiger partial charge in [0.2, 0.25) is 5.91 Å². The van der Waals surface area contributed by atoms with Crippen LogP contribution in [-0.2, 0) is 11.2 Å². The van der Waals surface area contributed by atoms with Crippen molar-refractivity contribution in [2.24, 2.45) is 0 Å². The van der Waals surface area contributed by atoms with Gasteiger partial charge in [0.15, 0.2) is 0 Å². The molecule has 1 atom stereocenters. The Balaban J connectivity index is 1.64. The number of piperidine rings is 1. The highest BCUT2D eigenvalue weighted by Crippen LogP contribution is 2.26. The quantitative estimate of drug-likeness (QED) is 0.745. The van der Waals surface area contributed by atoms with E-state index in [1.165, 1.54) is 37.0 Å². The van der Waals surface area contributed by atoms with E-state index in [1.54, 1.807) is 12.1 Å². The number of carbonyl (C=O) groups excluding carboxylic acids is 1. The molecule has 2 aromatic carbocycles. The molecule has 1 saturated heterocycles. The SMILES string of the molecule is CCOc1ccc(C(CNC(=O)Cc2ccc(F)cc2)N2CCCCC2)cc1. The second-order valence-electron chi connectivity index (χ2n) is 7.22. The maximum atomic E-state index is 13.0. The van der Waals surface area contributed by atoms with Crippen LogP contribution in [0.2, 0.25) is 0 Å². The van der Waals surface area contributed by atoms with Gasteiger partial charge in [-0.25, -0.2) is 4.39 Å². The van der Waals surface area contributed by atoms with Crippen molar-refractivity contribution in [3.8, 4) is 5.75 Å². The molecular formula is C23H29FN2O2. The predicted molar refractivity (Wildman–Crippen MR) is 109 cm³/mol.